The number of hydrogen-bond donors (Lipinski definition) is 1. The third kappa shape index (κ3) is 3.77. The molecule has 21 heavy (non-hydrogen) atoms. The van der Waals surface area contributed by atoms with E-state index in [2.05, 4.69) is 85.1 Å². The predicted molar refractivity (Wildman–Crippen MR) is 97.1 cm³/mol. The largest absolute Gasteiger partial charge is 0.496 e. The Morgan fingerprint density at radius 1 is 1.10 bits per heavy atom. The summed E-state index contributed by atoms with van der Waals surface area (Å²) in [6.45, 7) is 7.28. The zero-order valence-corrected chi connectivity index (χ0v) is 15.2. The number of rotatable bonds is 5. The lowest BCUT2D eigenvalue weighted by atomic mass is 9.95. The topological polar surface area (TPSA) is 21.3 Å². The molecule has 2 nitrogen and oxygen atoms in total. The van der Waals surface area contributed by atoms with Gasteiger partial charge in [-0.3, -0.25) is 0 Å². The van der Waals surface area contributed by atoms with Gasteiger partial charge in [-0.1, -0.05) is 31.2 Å². The van der Waals surface area contributed by atoms with Gasteiger partial charge in [-0.2, -0.15) is 0 Å². The molecule has 2 aromatic carbocycles. The van der Waals surface area contributed by atoms with Crippen molar-refractivity contribution in [3.63, 3.8) is 0 Å². The molecule has 0 bridgehead atoms. The number of hydrogen-bond acceptors (Lipinski definition) is 2. The maximum atomic E-state index is 5.47. The number of halogens is 1. The molecule has 0 aliphatic rings. The fraction of sp³-hybridized carbons (Fsp3) is 0.333. The van der Waals surface area contributed by atoms with Gasteiger partial charge in [-0.15, -0.1) is 0 Å². The summed E-state index contributed by atoms with van der Waals surface area (Å²) < 4.78 is 6.73. The first-order chi connectivity index (χ1) is 10.1. The van der Waals surface area contributed by atoms with Gasteiger partial charge in [0, 0.05) is 3.57 Å². The molecule has 1 unspecified atom stereocenters. The quantitative estimate of drug-likeness (QED) is 0.747. The van der Waals surface area contributed by atoms with E-state index in [1.165, 1.54) is 25.8 Å². The molecule has 1 atom stereocenters. The van der Waals surface area contributed by atoms with E-state index in [-0.39, 0.29) is 6.04 Å². The van der Waals surface area contributed by atoms with Crippen LogP contribution < -0.4 is 10.1 Å². The van der Waals surface area contributed by atoms with E-state index in [9.17, 15) is 0 Å². The first kappa shape index (κ1) is 16.3. The van der Waals surface area contributed by atoms with E-state index in [4.69, 9.17) is 4.74 Å². The van der Waals surface area contributed by atoms with Crippen molar-refractivity contribution in [2.75, 3.05) is 13.7 Å². The predicted octanol–water partition coefficient (Wildman–Crippen LogP) is 4.62. The minimum Gasteiger partial charge on any atom is -0.496 e. The highest BCUT2D eigenvalue weighted by atomic mass is 127. The molecule has 0 amide bonds. The van der Waals surface area contributed by atoms with Crippen LogP contribution in [0.5, 0.6) is 5.75 Å². The lowest BCUT2D eigenvalue weighted by Gasteiger charge is -2.21. The Kier molecular flexibility index (Phi) is 5.65. The second-order valence-electron chi connectivity index (χ2n) is 5.23. The van der Waals surface area contributed by atoms with Crippen LogP contribution in [0, 0.1) is 17.4 Å². The molecule has 0 heterocycles. The minimum absolute atomic E-state index is 0.216. The fourth-order valence-corrected chi connectivity index (χ4v) is 3.36. The highest BCUT2D eigenvalue weighted by molar-refractivity contribution is 14.1. The van der Waals surface area contributed by atoms with Crippen molar-refractivity contribution in [2.45, 2.75) is 26.8 Å². The molecule has 112 valence electrons. The molecule has 0 aromatic heterocycles. The number of ether oxygens (including phenoxy) is 1. The van der Waals surface area contributed by atoms with Crippen LogP contribution in [0.2, 0.25) is 0 Å². The van der Waals surface area contributed by atoms with Crippen molar-refractivity contribution in [2.24, 2.45) is 0 Å². The highest BCUT2D eigenvalue weighted by Gasteiger charge is 2.16. The number of aryl methyl sites for hydroxylation is 2. The molecule has 0 saturated carbocycles. The summed E-state index contributed by atoms with van der Waals surface area (Å²) in [7, 11) is 1.73. The van der Waals surface area contributed by atoms with Gasteiger partial charge < -0.3 is 10.1 Å². The first-order valence-corrected chi connectivity index (χ1v) is 8.28. The van der Waals surface area contributed by atoms with Gasteiger partial charge in [-0.25, -0.2) is 0 Å². The third-order valence-corrected chi connectivity index (χ3v) is 4.28. The molecule has 2 aromatic rings. The molecule has 2 rings (SSSR count). The molecule has 0 aliphatic heterocycles. The standard InChI is InChI=1S/C18H22INO/c1-5-20-17(14-7-6-8-16(19)11-14)15-9-12(2)18(21-4)13(3)10-15/h6-11,17,20H,5H2,1-4H3. The average molecular weight is 395 g/mol. The number of benzene rings is 2. The van der Waals surface area contributed by atoms with Gasteiger partial charge >= 0.3 is 0 Å². The molecule has 1 N–H and O–H groups in total. The van der Waals surface area contributed by atoms with Crippen LogP contribution in [-0.4, -0.2) is 13.7 Å². The third-order valence-electron chi connectivity index (χ3n) is 3.61. The second kappa shape index (κ2) is 7.27. The van der Waals surface area contributed by atoms with Gasteiger partial charge in [0.25, 0.3) is 0 Å². The SMILES string of the molecule is CCNC(c1cccc(I)c1)c1cc(C)c(OC)c(C)c1. The maximum Gasteiger partial charge on any atom is 0.124 e. The molecule has 0 spiro atoms. The zero-order chi connectivity index (χ0) is 15.4. The summed E-state index contributed by atoms with van der Waals surface area (Å²) in [5, 5.41) is 3.59. The van der Waals surface area contributed by atoms with E-state index in [1.807, 2.05) is 0 Å². The smallest absolute Gasteiger partial charge is 0.124 e. The van der Waals surface area contributed by atoms with Crippen LogP contribution >= 0.6 is 22.6 Å². The summed E-state index contributed by atoms with van der Waals surface area (Å²) in [6, 6.07) is 13.3. The summed E-state index contributed by atoms with van der Waals surface area (Å²) in [5.74, 6) is 0.983. The van der Waals surface area contributed by atoms with Crippen LogP contribution in [-0.2, 0) is 0 Å². The Morgan fingerprint density at radius 2 is 1.76 bits per heavy atom. The van der Waals surface area contributed by atoms with E-state index < -0.39 is 0 Å². The van der Waals surface area contributed by atoms with Crippen molar-refractivity contribution >= 4 is 22.6 Å². The first-order valence-electron chi connectivity index (χ1n) is 7.20. The van der Waals surface area contributed by atoms with E-state index in [1.54, 1.807) is 7.11 Å². The summed E-state index contributed by atoms with van der Waals surface area (Å²) >= 11 is 2.36. The van der Waals surface area contributed by atoms with Crippen LogP contribution in [0.25, 0.3) is 0 Å². The Hall–Kier alpha value is -1.07. The zero-order valence-electron chi connectivity index (χ0n) is 13.0. The highest BCUT2D eigenvalue weighted by Crippen LogP contribution is 2.30. The Morgan fingerprint density at radius 3 is 2.29 bits per heavy atom. The normalized spacial score (nSPS) is 12.2. The number of nitrogens with one attached hydrogen (secondary N) is 1. The van der Waals surface area contributed by atoms with Crippen LogP contribution in [0.1, 0.15) is 35.2 Å². The molecular weight excluding hydrogens is 373 g/mol. The Bertz CT molecular complexity index is 601. The molecular formula is C18H22INO. The Labute approximate surface area is 141 Å². The van der Waals surface area contributed by atoms with E-state index in [0.29, 0.717) is 0 Å². The van der Waals surface area contributed by atoms with Crippen molar-refractivity contribution in [1.29, 1.82) is 0 Å². The van der Waals surface area contributed by atoms with Gasteiger partial charge in [0.1, 0.15) is 5.75 Å². The summed E-state index contributed by atoms with van der Waals surface area (Å²) in [6.07, 6.45) is 0. The lowest BCUT2D eigenvalue weighted by molar-refractivity contribution is 0.408. The Balaban J connectivity index is 2.48. The average Bonchev–Trinajstić information content (AvgIpc) is 2.44. The van der Waals surface area contributed by atoms with E-state index in [0.717, 1.165) is 12.3 Å². The fourth-order valence-electron chi connectivity index (χ4n) is 2.79. The lowest BCUT2D eigenvalue weighted by Crippen LogP contribution is -2.22. The number of methoxy groups -OCH3 is 1. The minimum atomic E-state index is 0.216. The molecule has 3 heteroatoms. The van der Waals surface area contributed by atoms with Gasteiger partial charge in [-0.05, 0) is 77.4 Å². The maximum absolute atomic E-state index is 5.47. The van der Waals surface area contributed by atoms with Crippen LogP contribution in [0.4, 0.5) is 0 Å². The monoisotopic (exact) mass is 395 g/mol. The van der Waals surface area contributed by atoms with Crippen LogP contribution in [0.15, 0.2) is 36.4 Å². The van der Waals surface area contributed by atoms with Crippen molar-refractivity contribution < 1.29 is 4.74 Å². The van der Waals surface area contributed by atoms with Crippen molar-refractivity contribution in [3.05, 3.63) is 62.2 Å². The molecule has 0 radical (unpaired) electrons. The van der Waals surface area contributed by atoms with E-state index >= 15 is 0 Å². The summed E-state index contributed by atoms with van der Waals surface area (Å²) in [4.78, 5) is 0. The molecule has 0 aliphatic carbocycles. The van der Waals surface area contributed by atoms with Crippen LogP contribution in [0.3, 0.4) is 0 Å². The van der Waals surface area contributed by atoms with Gasteiger partial charge in [0.05, 0.1) is 13.2 Å². The second-order valence-corrected chi connectivity index (χ2v) is 6.48. The molecule has 0 saturated heterocycles. The van der Waals surface area contributed by atoms with Crippen molar-refractivity contribution in [1.82, 2.24) is 5.32 Å². The van der Waals surface area contributed by atoms with Gasteiger partial charge in [0.2, 0.25) is 0 Å². The molecule has 0 fully saturated rings. The van der Waals surface area contributed by atoms with Crippen molar-refractivity contribution in [3.8, 4) is 5.75 Å². The summed E-state index contributed by atoms with van der Waals surface area (Å²) in [5.41, 5.74) is 4.95. The van der Waals surface area contributed by atoms with Gasteiger partial charge in [0.15, 0.2) is 0 Å².